The molecule has 1 heterocycles. The second-order valence-corrected chi connectivity index (χ2v) is 10.1. The molecule has 0 spiro atoms. The van der Waals surface area contributed by atoms with Gasteiger partial charge in [0.1, 0.15) is 11.7 Å². The zero-order valence-electron chi connectivity index (χ0n) is 20.5. The van der Waals surface area contributed by atoms with Gasteiger partial charge in [0.05, 0.1) is 6.04 Å². The van der Waals surface area contributed by atoms with Crippen LogP contribution in [0, 0.1) is 12.3 Å². The van der Waals surface area contributed by atoms with E-state index in [2.05, 4.69) is 36.4 Å². The third kappa shape index (κ3) is 5.92. The predicted octanol–water partition coefficient (Wildman–Crippen LogP) is 5.03. The van der Waals surface area contributed by atoms with Gasteiger partial charge in [-0.3, -0.25) is 14.4 Å². The highest BCUT2D eigenvalue weighted by Gasteiger charge is 2.35. The topological polar surface area (TPSA) is 91.1 Å². The van der Waals surface area contributed by atoms with Crippen LogP contribution in [-0.4, -0.2) is 28.6 Å². The average Bonchev–Trinajstić information content (AvgIpc) is 3.08. The first-order valence-corrected chi connectivity index (χ1v) is 12.0. The number of H-pyrrole nitrogens is 1. The van der Waals surface area contributed by atoms with Crippen LogP contribution in [0.5, 0.6) is 0 Å². The Morgan fingerprint density at radius 1 is 1.09 bits per heavy atom. The van der Waals surface area contributed by atoms with Gasteiger partial charge in [-0.2, -0.15) is 0 Å². The lowest BCUT2D eigenvalue weighted by Crippen LogP contribution is -2.47. The summed E-state index contributed by atoms with van der Waals surface area (Å²) in [6.07, 6.45) is 4.63. The van der Waals surface area contributed by atoms with Crippen LogP contribution in [0.2, 0.25) is 0 Å². The maximum absolute atomic E-state index is 13.2. The summed E-state index contributed by atoms with van der Waals surface area (Å²) in [6.45, 7) is 9.98. The molecular formula is C27H37N3O3. The van der Waals surface area contributed by atoms with Gasteiger partial charge in [0.2, 0.25) is 5.91 Å². The standard InChI is InChI=1S/C27H37N3O3/c1-6-7-9-14-20(25(32)28-18(3)19-12-10-8-11-13-19)30-26(33)24-17(2)23-21(29-24)15-27(4,5)16-22(23)31/h8,10-13,18,20,29H,6-7,9,14-16H2,1-5H3,(H,28,32)(H,30,33)/t18-,20+/m0/s1. The average molecular weight is 452 g/mol. The maximum atomic E-state index is 13.2. The number of Topliss-reactive ketones (excluding diaryl/α,β-unsaturated/α-hetero) is 1. The van der Waals surface area contributed by atoms with Crippen molar-refractivity contribution in [2.24, 2.45) is 5.41 Å². The van der Waals surface area contributed by atoms with Crippen molar-refractivity contribution >= 4 is 17.6 Å². The number of aromatic amines is 1. The number of hydrogen-bond donors (Lipinski definition) is 3. The number of amides is 2. The fourth-order valence-corrected chi connectivity index (χ4v) is 4.70. The van der Waals surface area contributed by atoms with Gasteiger partial charge in [-0.25, -0.2) is 0 Å². The molecular weight excluding hydrogens is 414 g/mol. The molecule has 33 heavy (non-hydrogen) atoms. The molecule has 3 N–H and O–H groups in total. The van der Waals surface area contributed by atoms with Gasteiger partial charge in [0.15, 0.2) is 5.78 Å². The van der Waals surface area contributed by atoms with Gasteiger partial charge in [-0.15, -0.1) is 0 Å². The van der Waals surface area contributed by atoms with Gasteiger partial charge in [-0.05, 0) is 43.2 Å². The number of hydrogen-bond acceptors (Lipinski definition) is 3. The Balaban J connectivity index is 1.77. The van der Waals surface area contributed by atoms with E-state index < -0.39 is 6.04 Å². The second kappa shape index (κ2) is 10.4. The molecule has 2 aromatic rings. The molecule has 0 unspecified atom stereocenters. The van der Waals surface area contributed by atoms with E-state index in [1.807, 2.05) is 44.2 Å². The van der Waals surface area contributed by atoms with Crippen molar-refractivity contribution < 1.29 is 14.4 Å². The molecule has 1 aliphatic carbocycles. The third-order valence-electron chi connectivity index (χ3n) is 6.50. The molecule has 0 saturated heterocycles. The highest BCUT2D eigenvalue weighted by molar-refractivity contribution is 6.05. The second-order valence-electron chi connectivity index (χ2n) is 10.1. The number of ketones is 1. The first-order chi connectivity index (χ1) is 15.6. The molecule has 0 saturated carbocycles. The minimum absolute atomic E-state index is 0.0722. The van der Waals surface area contributed by atoms with Crippen LogP contribution in [-0.2, 0) is 11.2 Å². The Morgan fingerprint density at radius 2 is 1.79 bits per heavy atom. The monoisotopic (exact) mass is 451 g/mol. The zero-order chi connectivity index (χ0) is 24.2. The van der Waals surface area contributed by atoms with Crippen LogP contribution in [0.3, 0.4) is 0 Å². The molecule has 0 aliphatic heterocycles. The van der Waals surface area contributed by atoms with Crippen molar-refractivity contribution in [2.75, 3.05) is 0 Å². The van der Waals surface area contributed by atoms with Crippen LogP contribution in [0.15, 0.2) is 30.3 Å². The van der Waals surface area contributed by atoms with Gasteiger partial charge in [0.25, 0.3) is 5.91 Å². The number of carbonyl (C=O) groups is 3. The van der Waals surface area contributed by atoms with Crippen molar-refractivity contribution in [1.29, 1.82) is 0 Å². The Morgan fingerprint density at radius 3 is 2.45 bits per heavy atom. The van der Waals surface area contributed by atoms with E-state index in [0.29, 0.717) is 29.7 Å². The number of rotatable bonds is 9. The summed E-state index contributed by atoms with van der Waals surface area (Å²) >= 11 is 0. The normalized spacial score (nSPS) is 16.6. The van der Waals surface area contributed by atoms with E-state index in [0.717, 1.165) is 36.9 Å². The van der Waals surface area contributed by atoms with E-state index in [9.17, 15) is 14.4 Å². The maximum Gasteiger partial charge on any atom is 0.268 e. The number of fused-ring (bicyclic) bond motifs is 1. The van der Waals surface area contributed by atoms with Crippen molar-refractivity contribution in [3.8, 4) is 0 Å². The number of unbranched alkanes of at least 4 members (excludes halogenated alkanes) is 2. The van der Waals surface area contributed by atoms with E-state index in [4.69, 9.17) is 0 Å². The quantitative estimate of drug-likeness (QED) is 0.467. The number of aromatic nitrogens is 1. The molecule has 1 aliphatic rings. The molecule has 6 heteroatoms. The van der Waals surface area contributed by atoms with Crippen molar-refractivity contribution in [2.45, 2.75) is 85.2 Å². The Hall–Kier alpha value is -2.89. The summed E-state index contributed by atoms with van der Waals surface area (Å²) in [6, 6.07) is 8.97. The number of benzene rings is 1. The van der Waals surface area contributed by atoms with E-state index >= 15 is 0 Å². The molecule has 2 amide bonds. The lowest BCUT2D eigenvalue weighted by Gasteiger charge is -2.28. The SMILES string of the molecule is CCCCC[C@@H](NC(=O)c1[nH]c2c(c1C)C(=O)CC(C)(C)C2)C(=O)N[C@@H](C)c1ccccc1. The Labute approximate surface area is 196 Å². The Bertz CT molecular complexity index is 1010. The summed E-state index contributed by atoms with van der Waals surface area (Å²) in [5.74, 6) is -0.457. The Kier molecular flexibility index (Phi) is 7.77. The molecule has 3 rings (SSSR count). The van der Waals surface area contributed by atoms with Gasteiger partial charge < -0.3 is 15.6 Å². The van der Waals surface area contributed by atoms with E-state index in [1.54, 1.807) is 0 Å². The summed E-state index contributed by atoms with van der Waals surface area (Å²) in [7, 11) is 0. The van der Waals surface area contributed by atoms with Crippen LogP contribution >= 0.6 is 0 Å². The summed E-state index contributed by atoms with van der Waals surface area (Å²) in [5.41, 5.74) is 3.40. The molecule has 1 aromatic heterocycles. The van der Waals surface area contributed by atoms with E-state index in [-0.39, 0.29) is 29.1 Å². The minimum Gasteiger partial charge on any atom is -0.354 e. The summed E-state index contributed by atoms with van der Waals surface area (Å²) < 4.78 is 0. The zero-order valence-corrected chi connectivity index (χ0v) is 20.5. The first kappa shape index (κ1) is 24.7. The van der Waals surface area contributed by atoms with Crippen molar-refractivity contribution in [3.05, 3.63) is 58.4 Å². The lowest BCUT2D eigenvalue weighted by molar-refractivity contribution is -0.123. The van der Waals surface area contributed by atoms with E-state index in [1.165, 1.54) is 0 Å². The number of nitrogens with one attached hydrogen (secondary N) is 3. The van der Waals surface area contributed by atoms with Gasteiger partial charge in [0, 0.05) is 17.7 Å². The fraction of sp³-hybridized carbons (Fsp3) is 0.519. The molecule has 6 nitrogen and oxygen atoms in total. The fourth-order valence-electron chi connectivity index (χ4n) is 4.70. The minimum atomic E-state index is -0.637. The van der Waals surface area contributed by atoms with Crippen LogP contribution < -0.4 is 10.6 Å². The number of carbonyl (C=O) groups excluding carboxylic acids is 3. The molecule has 0 radical (unpaired) electrons. The first-order valence-electron chi connectivity index (χ1n) is 12.0. The highest BCUT2D eigenvalue weighted by Crippen LogP contribution is 2.36. The lowest BCUT2D eigenvalue weighted by atomic mass is 9.75. The predicted molar refractivity (Wildman–Crippen MR) is 130 cm³/mol. The van der Waals surface area contributed by atoms with Gasteiger partial charge in [-0.1, -0.05) is 70.4 Å². The van der Waals surface area contributed by atoms with Crippen molar-refractivity contribution in [3.63, 3.8) is 0 Å². The van der Waals surface area contributed by atoms with Gasteiger partial charge >= 0.3 is 0 Å². The summed E-state index contributed by atoms with van der Waals surface area (Å²) in [4.78, 5) is 42.2. The third-order valence-corrected chi connectivity index (χ3v) is 6.50. The van der Waals surface area contributed by atoms with Crippen LogP contribution in [0.4, 0.5) is 0 Å². The molecule has 1 aromatic carbocycles. The summed E-state index contributed by atoms with van der Waals surface area (Å²) in [5, 5.41) is 5.98. The van der Waals surface area contributed by atoms with Crippen LogP contribution in [0.1, 0.15) is 104 Å². The largest absolute Gasteiger partial charge is 0.354 e. The molecule has 178 valence electrons. The smallest absolute Gasteiger partial charge is 0.268 e. The van der Waals surface area contributed by atoms with Crippen LogP contribution in [0.25, 0.3) is 0 Å². The highest BCUT2D eigenvalue weighted by atomic mass is 16.2. The molecule has 2 atom stereocenters. The molecule has 0 bridgehead atoms. The van der Waals surface area contributed by atoms with Crippen molar-refractivity contribution in [1.82, 2.24) is 15.6 Å². The molecule has 0 fully saturated rings.